The number of rotatable bonds is 4. The second-order valence-corrected chi connectivity index (χ2v) is 7.68. The molecule has 2 N–H and O–H groups in total. The number of amides is 2. The molecule has 2 saturated heterocycles. The van der Waals surface area contributed by atoms with E-state index in [0.29, 0.717) is 17.0 Å². The molecule has 0 saturated carbocycles. The van der Waals surface area contributed by atoms with Gasteiger partial charge in [0.2, 0.25) is 5.91 Å². The summed E-state index contributed by atoms with van der Waals surface area (Å²) in [5.74, 6) is 1.01. The average molecular weight is 343 g/mol. The van der Waals surface area contributed by atoms with Gasteiger partial charge in [0.25, 0.3) is 5.91 Å². The van der Waals surface area contributed by atoms with Crippen molar-refractivity contribution in [3.05, 3.63) is 35.4 Å². The van der Waals surface area contributed by atoms with Crippen molar-refractivity contribution < 1.29 is 9.59 Å². The third-order valence-corrected chi connectivity index (χ3v) is 5.62. The maximum absolute atomic E-state index is 12.8. The van der Waals surface area contributed by atoms with E-state index in [1.165, 1.54) is 32.4 Å². The minimum Gasteiger partial charge on any atom is -0.366 e. The first kappa shape index (κ1) is 17.9. The van der Waals surface area contributed by atoms with Crippen molar-refractivity contribution in [1.29, 1.82) is 0 Å². The smallest absolute Gasteiger partial charge is 0.253 e. The molecular formula is C20H29N3O2. The number of carbonyl (C=O) groups excluding carboxylic acids is 2. The zero-order chi connectivity index (χ0) is 17.8. The molecule has 1 atom stereocenters. The first-order valence-electron chi connectivity index (χ1n) is 9.44. The van der Waals surface area contributed by atoms with Crippen molar-refractivity contribution in [2.75, 3.05) is 32.7 Å². The van der Waals surface area contributed by atoms with E-state index in [1.54, 1.807) is 24.3 Å². The molecule has 2 aliphatic rings. The van der Waals surface area contributed by atoms with Crippen molar-refractivity contribution in [1.82, 2.24) is 9.80 Å². The fourth-order valence-corrected chi connectivity index (χ4v) is 3.97. The van der Waals surface area contributed by atoms with E-state index in [1.807, 2.05) is 4.90 Å². The van der Waals surface area contributed by atoms with E-state index in [4.69, 9.17) is 5.73 Å². The molecule has 5 heteroatoms. The summed E-state index contributed by atoms with van der Waals surface area (Å²) in [6.07, 6.45) is 4.86. The van der Waals surface area contributed by atoms with Gasteiger partial charge in [0.1, 0.15) is 0 Å². The van der Waals surface area contributed by atoms with E-state index >= 15 is 0 Å². The summed E-state index contributed by atoms with van der Waals surface area (Å²) in [6, 6.07) is 6.67. The molecule has 0 radical (unpaired) electrons. The second-order valence-electron chi connectivity index (χ2n) is 7.68. The number of nitrogens with two attached hydrogens (primary N) is 1. The molecule has 0 aromatic heterocycles. The van der Waals surface area contributed by atoms with E-state index in [9.17, 15) is 9.59 Å². The lowest BCUT2D eigenvalue weighted by molar-refractivity contribution is 0.0622. The molecule has 2 heterocycles. The summed E-state index contributed by atoms with van der Waals surface area (Å²) in [5.41, 5.74) is 6.33. The molecule has 0 unspecified atom stereocenters. The maximum atomic E-state index is 12.8. The van der Waals surface area contributed by atoms with Crippen LogP contribution in [-0.2, 0) is 0 Å². The summed E-state index contributed by atoms with van der Waals surface area (Å²) < 4.78 is 0. The predicted molar refractivity (Wildman–Crippen MR) is 98.4 cm³/mol. The Balaban J connectivity index is 1.56. The molecule has 3 rings (SSSR count). The molecule has 0 bridgehead atoms. The van der Waals surface area contributed by atoms with Crippen LogP contribution in [0.3, 0.4) is 0 Å². The van der Waals surface area contributed by atoms with Crippen LogP contribution in [0.15, 0.2) is 24.3 Å². The number of piperidine rings is 2. The number of carbonyl (C=O) groups is 2. The number of primary amides is 1. The van der Waals surface area contributed by atoms with Crippen LogP contribution in [0.4, 0.5) is 0 Å². The highest BCUT2D eigenvalue weighted by Gasteiger charge is 2.27. The normalized spacial score (nSPS) is 22.8. The largest absolute Gasteiger partial charge is 0.366 e. The molecule has 1 aromatic carbocycles. The molecule has 25 heavy (non-hydrogen) atoms. The number of hydrogen-bond acceptors (Lipinski definition) is 3. The van der Waals surface area contributed by atoms with Gasteiger partial charge >= 0.3 is 0 Å². The van der Waals surface area contributed by atoms with Gasteiger partial charge in [-0.15, -0.1) is 0 Å². The van der Waals surface area contributed by atoms with Gasteiger partial charge < -0.3 is 15.5 Å². The van der Waals surface area contributed by atoms with Gasteiger partial charge in [-0.25, -0.2) is 0 Å². The van der Waals surface area contributed by atoms with Gasteiger partial charge in [-0.05, 0) is 74.9 Å². The van der Waals surface area contributed by atoms with Gasteiger partial charge in [0.05, 0.1) is 0 Å². The zero-order valence-electron chi connectivity index (χ0n) is 15.1. The summed E-state index contributed by atoms with van der Waals surface area (Å²) in [4.78, 5) is 28.5. The van der Waals surface area contributed by atoms with Gasteiger partial charge in [0, 0.05) is 30.8 Å². The van der Waals surface area contributed by atoms with Crippen LogP contribution in [0.2, 0.25) is 0 Å². The third kappa shape index (κ3) is 4.60. The molecular weight excluding hydrogens is 314 g/mol. The van der Waals surface area contributed by atoms with Crippen LogP contribution in [0.25, 0.3) is 0 Å². The Kier molecular flexibility index (Phi) is 5.74. The van der Waals surface area contributed by atoms with Crippen molar-refractivity contribution in [2.45, 2.75) is 32.6 Å². The van der Waals surface area contributed by atoms with E-state index in [0.717, 1.165) is 32.0 Å². The Morgan fingerprint density at radius 1 is 1.04 bits per heavy atom. The van der Waals surface area contributed by atoms with Crippen LogP contribution in [0, 0.1) is 11.8 Å². The molecule has 1 aromatic rings. The molecule has 2 fully saturated rings. The topological polar surface area (TPSA) is 66.6 Å². The van der Waals surface area contributed by atoms with Crippen molar-refractivity contribution >= 4 is 11.8 Å². The summed E-state index contributed by atoms with van der Waals surface area (Å²) >= 11 is 0. The van der Waals surface area contributed by atoms with Crippen LogP contribution in [0.1, 0.15) is 53.3 Å². The lowest BCUT2D eigenvalue weighted by Gasteiger charge is -2.38. The minimum atomic E-state index is -0.465. The Labute approximate surface area is 150 Å². The van der Waals surface area contributed by atoms with Gasteiger partial charge in [-0.1, -0.05) is 6.92 Å². The number of nitrogens with zero attached hydrogens (tertiary/aromatic N) is 2. The first-order chi connectivity index (χ1) is 12.0. The lowest BCUT2D eigenvalue weighted by atomic mass is 9.94. The Morgan fingerprint density at radius 2 is 1.68 bits per heavy atom. The predicted octanol–water partition coefficient (Wildman–Crippen LogP) is 2.37. The molecule has 2 aliphatic heterocycles. The molecule has 136 valence electrons. The first-order valence-corrected chi connectivity index (χ1v) is 9.44. The quantitative estimate of drug-likeness (QED) is 0.913. The van der Waals surface area contributed by atoms with Crippen molar-refractivity contribution in [2.24, 2.45) is 17.6 Å². The SMILES string of the molecule is CC1CCN(C[C@@H]2CCCN(C(=O)c3ccc(C(N)=O)cc3)C2)CC1. The van der Waals surface area contributed by atoms with Crippen LogP contribution < -0.4 is 5.73 Å². The third-order valence-electron chi connectivity index (χ3n) is 5.62. The Morgan fingerprint density at radius 3 is 2.32 bits per heavy atom. The number of likely N-dealkylation sites (tertiary alicyclic amines) is 2. The number of benzene rings is 1. The fraction of sp³-hybridized carbons (Fsp3) is 0.600. The van der Waals surface area contributed by atoms with Gasteiger partial charge in [0.15, 0.2) is 0 Å². The van der Waals surface area contributed by atoms with E-state index in [2.05, 4.69) is 11.8 Å². The van der Waals surface area contributed by atoms with E-state index in [-0.39, 0.29) is 5.91 Å². The number of hydrogen-bond donors (Lipinski definition) is 1. The molecule has 5 nitrogen and oxygen atoms in total. The van der Waals surface area contributed by atoms with Crippen LogP contribution in [0.5, 0.6) is 0 Å². The van der Waals surface area contributed by atoms with Crippen molar-refractivity contribution in [3.63, 3.8) is 0 Å². The summed E-state index contributed by atoms with van der Waals surface area (Å²) in [6.45, 7) is 7.49. The van der Waals surface area contributed by atoms with Gasteiger partial charge in [-0.2, -0.15) is 0 Å². The fourth-order valence-electron chi connectivity index (χ4n) is 3.97. The highest BCUT2D eigenvalue weighted by Crippen LogP contribution is 2.23. The van der Waals surface area contributed by atoms with Gasteiger partial charge in [-0.3, -0.25) is 9.59 Å². The summed E-state index contributed by atoms with van der Waals surface area (Å²) in [7, 11) is 0. The van der Waals surface area contributed by atoms with Crippen LogP contribution >= 0.6 is 0 Å². The average Bonchev–Trinajstić information content (AvgIpc) is 2.63. The van der Waals surface area contributed by atoms with Crippen molar-refractivity contribution in [3.8, 4) is 0 Å². The molecule has 2 amide bonds. The summed E-state index contributed by atoms with van der Waals surface area (Å²) in [5, 5.41) is 0. The molecule has 0 aliphatic carbocycles. The second kappa shape index (κ2) is 8.00. The van der Waals surface area contributed by atoms with Crippen LogP contribution in [-0.4, -0.2) is 54.3 Å². The monoisotopic (exact) mass is 343 g/mol. The van der Waals surface area contributed by atoms with E-state index < -0.39 is 5.91 Å². The zero-order valence-corrected chi connectivity index (χ0v) is 15.1. The Hall–Kier alpha value is -1.88. The highest BCUT2D eigenvalue weighted by molar-refractivity contribution is 5.97. The lowest BCUT2D eigenvalue weighted by Crippen LogP contribution is -2.45. The minimum absolute atomic E-state index is 0.0630. The Bertz CT molecular complexity index is 606. The standard InChI is InChI=1S/C20H29N3O2/c1-15-8-11-22(12-9-15)13-16-3-2-10-23(14-16)20(25)18-6-4-17(5-7-18)19(21)24/h4-7,15-16H,2-3,8-14H2,1H3,(H2,21,24)/t16-/m0/s1. The molecule has 0 spiro atoms. The maximum Gasteiger partial charge on any atom is 0.253 e. The highest BCUT2D eigenvalue weighted by atomic mass is 16.2.